The molecule has 0 aliphatic carbocycles. The first-order chi connectivity index (χ1) is 25.9. The smallest absolute Gasteiger partial charge is 0.127 e. The second-order valence-electron chi connectivity index (χ2n) is 13.4. The Hall–Kier alpha value is -5.65. The third kappa shape index (κ3) is 8.38. The number of benzene rings is 3. The van der Waals surface area contributed by atoms with Crippen LogP contribution in [0.15, 0.2) is 73.2 Å². The average Bonchev–Trinajstić information content (AvgIpc) is 3.78. The molecule has 285 valence electrons. The molecule has 0 saturated heterocycles. The van der Waals surface area contributed by atoms with Crippen molar-refractivity contribution >= 4 is 51.6 Å². The summed E-state index contributed by atoms with van der Waals surface area (Å²) >= 11 is 0. The Morgan fingerprint density at radius 3 is 0.982 bits per heavy atom. The van der Waals surface area contributed by atoms with E-state index < -0.39 is 0 Å². The number of fused-ring (bicyclic) bond motifs is 3. The largest absolute Gasteiger partial charge is 0.491 e. The second kappa shape index (κ2) is 16.4. The summed E-state index contributed by atoms with van der Waals surface area (Å²) in [6.45, 7) is 17.9. The van der Waals surface area contributed by atoms with Crippen molar-refractivity contribution in [2.75, 3.05) is 50.5 Å². The van der Waals surface area contributed by atoms with Gasteiger partial charge in [-0.05, 0) is 41.9 Å². The monoisotopic (exact) mass is 907 g/mol. The van der Waals surface area contributed by atoms with Crippen LogP contribution < -0.4 is 29.4 Å². The quantitative estimate of drug-likeness (QED) is 0.162. The molecular formula is C42H42IrN12-6. The molecule has 6 aromatic rings. The Morgan fingerprint density at radius 2 is 0.727 bits per heavy atom. The van der Waals surface area contributed by atoms with Gasteiger partial charge in [0.15, 0.2) is 0 Å². The maximum Gasteiger partial charge on any atom is 0.127 e. The molecule has 55 heavy (non-hydrogen) atoms. The minimum atomic E-state index is 0. The zero-order valence-electron chi connectivity index (χ0n) is 32.4. The van der Waals surface area contributed by atoms with E-state index in [9.17, 15) is 0 Å². The number of rotatable bonds is 3. The fraction of sp³-hybridized carbons (Fsp3) is 0.214. The van der Waals surface area contributed by atoms with Crippen molar-refractivity contribution in [3.63, 3.8) is 0 Å². The van der Waals surface area contributed by atoms with Crippen molar-refractivity contribution < 1.29 is 20.1 Å². The third-order valence-electron chi connectivity index (χ3n) is 8.86. The van der Waals surface area contributed by atoms with E-state index in [1.54, 1.807) is 0 Å². The maximum absolute atomic E-state index is 4.46. The van der Waals surface area contributed by atoms with Crippen LogP contribution in [0, 0.1) is 79.7 Å². The van der Waals surface area contributed by atoms with Crippen molar-refractivity contribution in [1.29, 1.82) is 0 Å². The van der Waals surface area contributed by atoms with E-state index in [-0.39, 0.29) is 20.1 Å². The summed E-state index contributed by atoms with van der Waals surface area (Å²) in [4.78, 5) is 38.4. The maximum atomic E-state index is 4.46. The van der Waals surface area contributed by atoms with Crippen LogP contribution in [-0.2, 0) is 20.1 Å². The van der Waals surface area contributed by atoms with Crippen molar-refractivity contribution in [3.05, 3.63) is 146 Å². The van der Waals surface area contributed by atoms with Gasteiger partial charge in [0.1, 0.15) is 34.9 Å². The van der Waals surface area contributed by atoms with E-state index in [0.717, 1.165) is 69.1 Å². The van der Waals surface area contributed by atoms with Gasteiger partial charge in [-0.2, -0.15) is 91.3 Å². The zero-order valence-corrected chi connectivity index (χ0v) is 34.8. The zero-order chi connectivity index (χ0) is 38.1. The van der Waals surface area contributed by atoms with E-state index in [1.807, 2.05) is 132 Å². The summed E-state index contributed by atoms with van der Waals surface area (Å²) in [5.41, 5.74) is 9.62. The molecule has 6 heterocycles. The molecule has 0 atom stereocenters. The van der Waals surface area contributed by atoms with Crippen LogP contribution in [0.1, 0.15) is 34.2 Å². The van der Waals surface area contributed by atoms with Crippen molar-refractivity contribution in [1.82, 2.24) is 29.9 Å². The Kier molecular flexibility index (Phi) is 11.6. The van der Waals surface area contributed by atoms with E-state index in [2.05, 4.69) is 102 Å². The predicted molar refractivity (Wildman–Crippen MR) is 215 cm³/mol. The van der Waals surface area contributed by atoms with Crippen LogP contribution >= 0.6 is 0 Å². The molecule has 0 fully saturated rings. The number of aromatic nitrogens is 6. The van der Waals surface area contributed by atoms with Crippen LogP contribution in [0.25, 0.3) is 0 Å². The Morgan fingerprint density at radius 1 is 0.455 bits per heavy atom. The SMILES string of the molecule is Cc1cc[c-]c(N2[CH-]N(C)c3nc(C)ncc32)c1.Cc1cc[c-]c(N2[CH-]N(C)c3nc(C)ncc32)c1.Cc1cc[c-]c(N2[CH-]N(C)c3nc(C)ncc32)c1.[Ir]. The number of aryl methyl sites for hydroxylation is 6. The van der Waals surface area contributed by atoms with Gasteiger partial charge in [-0.1, -0.05) is 20.8 Å². The summed E-state index contributed by atoms with van der Waals surface area (Å²) in [6, 6.07) is 27.9. The summed E-state index contributed by atoms with van der Waals surface area (Å²) in [5, 5.41) is 0. The summed E-state index contributed by atoms with van der Waals surface area (Å²) in [6.07, 6.45) is 5.56. The van der Waals surface area contributed by atoms with Crippen LogP contribution in [0.4, 0.5) is 51.6 Å². The Bertz CT molecular complexity index is 2040. The van der Waals surface area contributed by atoms with Crippen LogP contribution in [0.5, 0.6) is 0 Å². The molecule has 0 N–H and O–H groups in total. The summed E-state index contributed by atoms with van der Waals surface area (Å²) < 4.78 is 0. The standard InChI is InChI=1S/3C14H14N4.Ir/c3*1-10-5-4-6-12(7-10)18-9-17(3)14-13(18)8-15-11(2)16-14;/h3*4-5,7-9H,1-3H3;/q3*-2;. The van der Waals surface area contributed by atoms with Gasteiger partial charge in [0, 0.05) is 20.1 Å². The summed E-state index contributed by atoms with van der Waals surface area (Å²) in [7, 11) is 5.96. The van der Waals surface area contributed by atoms with Gasteiger partial charge in [0.05, 0.1) is 35.7 Å². The molecule has 1 radical (unpaired) electrons. The molecular weight excluding hydrogens is 865 g/mol. The normalized spacial score (nSPS) is 13.7. The first-order valence-corrected chi connectivity index (χ1v) is 17.5. The minimum Gasteiger partial charge on any atom is -0.491 e. The molecule has 13 heteroatoms. The van der Waals surface area contributed by atoms with Gasteiger partial charge in [-0.25, -0.2) is 29.9 Å². The molecule has 3 aromatic carbocycles. The molecule has 0 amide bonds. The van der Waals surface area contributed by atoms with Crippen molar-refractivity contribution in [2.45, 2.75) is 41.5 Å². The fourth-order valence-corrected chi connectivity index (χ4v) is 6.20. The topological polar surface area (TPSA) is 96.8 Å². The summed E-state index contributed by atoms with van der Waals surface area (Å²) in [5.74, 6) is 5.13. The van der Waals surface area contributed by atoms with Crippen LogP contribution in [0.2, 0.25) is 0 Å². The van der Waals surface area contributed by atoms with E-state index in [4.69, 9.17) is 0 Å². The Balaban J connectivity index is 0.000000139. The molecule has 3 aromatic heterocycles. The van der Waals surface area contributed by atoms with Gasteiger partial charge in [-0.3, -0.25) is 0 Å². The molecule has 0 unspecified atom stereocenters. The van der Waals surface area contributed by atoms with Crippen LogP contribution in [-0.4, -0.2) is 51.0 Å². The minimum absolute atomic E-state index is 0. The van der Waals surface area contributed by atoms with Gasteiger partial charge in [0.2, 0.25) is 0 Å². The predicted octanol–water partition coefficient (Wildman–Crippen LogP) is 7.80. The number of hydrogen-bond donors (Lipinski definition) is 0. The van der Waals surface area contributed by atoms with Crippen molar-refractivity contribution in [2.24, 2.45) is 0 Å². The third-order valence-corrected chi connectivity index (χ3v) is 8.86. The molecule has 9 rings (SSSR count). The van der Waals surface area contributed by atoms with Gasteiger partial charge >= 0.3 is 0 Å². The van der Waals surface area contributed by atoms with Crippen LogP contribution in [0.3, 0.4) is 0 Å². The van der Waals surface area contributed by atoms with Crippen molar-refractivity contribution in [3.8, 4) is 0 Å². The molecule has 3 aliphatic rings. The number of hydrogen-bond acceptors (Lipinski definition) is 12. The van der Waals surface area contributed by atoms with E-state index >= 15 is 0 Å². The second-order valence-corrected chi connectivity index (χ2v) is 13.4. The van der Waals surface area contributed by atoms with Gasteiger partial charge in [-0.15, -0.1) is 35.3 Å². The number of anilines is 9. The Labute approximate surface area is 337 Å². The molecule has 12 nitrogen and oxygen atoms in total. The molecule has 0 saturated carbocycles. The number of nitrogens with zero attached hydrogens (tertiary/aromatic N) is 12. The average molecular weight is 907 g/mol. The molecule has 0 bridgehead atoms. The molecule has 0 spiro atoms. The first kappa shape index (κ1) is 39.1. The fourth-order valence-electron chi connectivity index (χ4n) is 6.20. The van der Waals surface area contributed by atoms with Gasteiger partial charge in [0.25, 0.3) is 0 Å². The van der Waals surface area contributed by atoms with E-state index in [0.29, 0.717) is 0 Å². The van der Waals surface area contributed by atoms with E-state index in [1.165, 1.54) is 16.7 Å². The van der Waals surface area contributed by atoms with Gasteiger partial charge < -0.3 is 29.4 Å². The first-order valence-electron chi connectivity index (χ1n) is 17.5. The molecule has 3 aliphatic heterocycles.